The first-order valence-electron chi connectivity index (χ1n) is 7.05. The van der Waals surface area contributed by atoms with E-state index >= 15 is 0 Å². The van der Waals surface area contributed by atoms with Crippen LogP contribution in [0.2, 0.25) is 0 Å². The Kier molecular flexibility index (Phi) is 5.15. The highest BCUT2D eigenvalue weighted by Gasteiger charge is 2.11. The van der Waals surface area contributed by atoms with Crippen molar-refractivity contribution in [1.29, 1.82) is 0 Å². The van der Waals surface area contributed by atoms with E-state index in [0.29, 0.717) is 6.04 Å². The van der Waals surface area contributed by atoms with Gasteiger partial charge in [0.05, 0.1) is 5.69 Å². The molecule has 0 bridgehead atoms. The highest BCUT2D eigenvalue weighted by molar-refractivity contribution is 7.13. The molecule has 1 N–H and O–H groups in total. The molecule has 0 spiro atoms. The first kappa shape index (κ1) is 15.0. The molecule has 1 aromatic heterocycles. The molecule has 0 aliphatic carbocycles. The Balaban J connectivity index is 2.02. The van der Waals surface area contributed by atoms with Crippen molar-refractivity contribution in [2.75, 3.05) is 18.5 Å². The number of thiazole rings is 1. The van der Waals surface area contributed by atoms with E-state index in [1.54, 1.807) is 11.3 Å². The summed E-state index contributed by atoms with van der Waals surface area (Å²) >= 11 is 1.71. The molecule has 2 aromatic rings. The first-order chi connectivity index (χ1) is 9.60. The van der Waals surface area contributed by atoms with Crippen molar-refractivity contribution in [1.82, 2.24) is 10.3 Å². The van der Waals surface area contributed by atoms with Gasteiger partial charge in [-0.05, 0) is 26.0 Å². The lowest BCUT2D eigenvalue weighted by atomic mass is 10.1. The van der Waals surface area contributed by atoms with Gasteiger partial charge in [0.2, 0.25) is 0 Å². The summed E-state index contributed by atoms with van der Waals surface area (Å²) in [6, 6.07) is 8.99. The van der Waals surface area contributed by atoms with E-state index in [0.717, 1.165) is 23.9 Å². The fraction of sp³-hybridized carbons (Fsp3) is 0.438. The van der Waals surface area contributed by atoms with Crippen LogP contribution in [0.15, 0.2) is 29.6 Å². The van der Waals surface area contributed by atoms with Crippen molar-refractivity contribution in [2.24, 2.45) is 0 Å². The first-order valence-corrected chi connectivity index (χ1v) is 7.93. The van der Waals surface area contributed by atoms with Gasteiger partial charge in [0.1, 0.15) is 0 Å². The second-order valence-electron chi connectivity index (χ2n) is 5.18. The normalized spacial score (nSPS) is 12.4. The molecule has 0 saturated carbocycles. The number of rotatable bonds is 6. The molecule has 20 heavy (non-hydrogen) atoms. The summed E-state index contributed by atoms with van der Waals surface area (Å²) in [5.74, 6) is 0. The van der Waals surface area contributed by atoms with Crippen molar-refractivity contribution in [3.63, 3.8) is 0 Å². The Bertz CT molecular complexity index is 533. The Labute approximate surface area is 125 Å². The Hall–Kier alpha value is -1.39. The van der Waals surface area contributed by atoms with E-state index in [9.17, 15) is 0 Å². The van der Waals surface area contributed by atoms with Crippen molar-refractivity contribution in [2.45, 2.75) is 33.4 Å². The fourth-order valence-electron chi connectivity index (χ4n) is 2.10. The van der Waals surface area contributed by atoms with E-state index < -0.39 is 0 Å². The molecule has 0 saturated heterocycles. The highest BCUT2D eigenvalue weighted by atomic mass is 32.1. The predicted molar refractivity (Wildman–Crippen MR) is 87.5 cm³/mol. The molecule has 4 heteroatoms. The van der Waals surface area contributed by atoms with E-state index in [1.165, 1.54) is 11.1 Å². The van der Waals surface area contributed by atoms with Crippen LogP contribution in [0.5, 0.6) is 0 Å². The maximum Gasteiger partial charge on any atom is 0.185 e. The standard InChI is InChI=1S/C16H23N3S/c1-5-17-13(3)15-11-20-16(18-15)19(4)10-14-8-6-12(2)7-9-14/h6-9,11,13,17H,5,10H2,1-4H3. The molecule has 0 aliphatic heterocycles. The quantitative estimate of drug-likeness (QED) is 0.877. The summed E-state index contributed by atoms with van der Waals surface area (Å²) in [5.41, 5.74) is 3.74. The molecule has 108 valence electrons. The molecule has 0 amide bonds. The highest BCUT2D eigenvalue weighted by Crippen LogP contribution is 2.24. The molecular formula is C16H23N3S. The van der Waals surface area contributed by atoms with Crippen molar-refractivity contribution in [3.05, 3.63) is 46.5 Å². The van der Waals surface area contributed by atoms with E-state index in [-0.39, 0.29) is 0 Å². The van der Waals surface area contributed by atoms with Crippen LogP contribution in [0.1, 0.15) is 36.7 Å². The fourth-order valence-corrected chi connectivity index (χ4v) is 2.98. The van der Waals surface area contributed by atoms with Gasteiger partial charge in [0, 0.05) is 25.0 Å². The minimum Gasteiger partial charge on any atom is -0.347 e. The zero-order valence-electron chi connectivity index (χ0n) is 12.7. The summed E-state index contributed by atoms with van der Waals surface area (Å²) in [4.78, 5) is 6.93. The minimum absolute atomic E-state index is 0.317. The third-order valence-electron chi connectivity index (χ3n) is 3.33. The largest absolute Gasteiger partial charge is 0.347 e. The lowest BCUT2D eigenvalue weighted by Gasteiger charge is -2.16. The molecule has 1 aromatic carbocycles. The zero-order valence-corrected chi connectivity index (χ0v) is 13.5. The average Bonchev–Trinajstić information content (AvgIpc) is 2.91. The van der Waals surface area contributed by atoms with Crippen LogP contribution >= 0.6 is 11.3 Å². The van der Waals surface area contributed by atoms with Crippen LogP contribution in [0.4, 0.5) is 5.13 Å². The molecule has 0 aliphatic rings. The maximum absolute atomic E-state index is 4.72. The van der Waals surface area contributed by atoms with E-state index in [4.69, 9.17) is 4.98 Å². The predicted octanol–water partition coefficient (Wildman–Crippen LogP) is 3.76. The number of hydrogen-bond acceptors (Lipinski definition) is 4. The van der Waals surface area contributed by atoms with E-state index in [1.807, 2.05) is 0 Å². The summed E-state index contributed by atoms with van der Waals surface area (Å²) in [6.07, 6.45) is 0. The molecule has 1 atom stereocenters. The number of aryl methyl sites for hydroxylation is 1. The van der Waals surface area contributed by atoms with Crippen molar-refractivity contribution >= 4 is 16.5 Å². The number of aromatic nitrogens is 1. The zero-order chi connectivity index (χ0) is 14.5. The molecule has 2 rings (SSSR count). The third-order valence-corrected chi connectivity index (χ3v) is 4.30. The van der Waals surface area contributed by atoms with Crippen LogP contribution in [-0.4, -0.2) is 18.6 Å². The van der Waals surface area contributed by atoms with E-state index in [2.05, 4.69) is 67.7 Å². The minimum atomic E-state index is 0.317. The summed E-state index contributed by atoms with van der Waals surface area (Å²) in [7, 11) is 2.10. The average molecular weight is 289 g/mol. The van der Waals surface area contributed by atoms with Gasteiger partial charge in [-0.3, -0.25) is 0 Å². The smallest absolute Gasteiger partial charge is 0.185 e. The second-order valence-corrected chi connectivity index (χ2v) is 6.01. The lowest BCUT2D eigenvalue weighted by molar-refractivity contribution is 0.586. The molecule has 0 radical (unpaired) electrons. The summed E-state index contributed by atoms with van der Waals surface area (Å²) in [6.45, 7) is 8.24. The number of nitrogens with one attached hydrogen (secondary N) is 1. The topological polar surface area (TPSA) is 28.2 Å². The molecule has 1 unspecified atom stereocenters. The van der Waals surface area contributed by atoms with Crippen molar-refractivity contribution < 1.29 is 0 Å². The molecular weight excluding hydrogens is 266 g/mol. The summed E-state index contributed by atoms with van der Waals surface area (Å²) < 4.78 is 0. The van der Waals surface area contributed by atoms with Crippen LogP contribution in [-0.2, 0) is 6.54 Å². The number of hydrogen-bond donors (Lipinski definition) is 1. The van der Waals surface area contributed by atoms with Gasteiger partial charge in [-0.15, -0.1) is 11.3 Å². The monoisotopic (exact) mass is 289 g/mol. The molecule has 3 nitrogen and oxygen atoms in total. The van der Waals surface area contributed by atoms with Gasteiger partial charge in [-0.1, -0.05) is 36.8 Å². The Morgan fingerprint density at radius 3 is 2.65 bits per heavy atom. The number of nitrogens with zero attached hydrogens (tertiary/aromatic N) is 2. The summed E-state index contributed by atoms with van der Waals surface area (Å²) in [5, 5.41) is 6.62. The second kappa shape index (κ2) is 6.86. The van der Waals surface area contributed by atoms with Crippen LogP contribution in [0, 0.1) is 6.92 Å². The van der Waals surface area contributed by atoms with Gasteiger partial charge in [-0.25, -0.2) is 4.98 Å². The third kappa shape index (κ3) is 3.81. The van der Waals surface area contributed by atoms with Gasteiger partial charge >= 0.3 is 0 Å². The lowest BCUT2D eigenvalue weighted by Crippen LogP contribution is -2.19. The van der Waals surface area contributed by atoms with Crippen molar-refractivity contribution in [3.8, 4) is 0 Å². The number of anilines is 1. The van der Waals surface area contributed by atoms with Crippen LogP contribution in [0.25, 0.3) is 0 Å². The van der Waals surface area contributed by atoms with Gasteiger partial charge in [0.15, 0.2) is 5.13 Å². The van der Waals surface area contributed by atoms with Gasteiger partial charge in [0.25, 0.3) is 0 Å². The van der Waals surface area contributed by atoms with Gasteiger partial charge in [-0.2, -0.15) is 0 Å². The Morgan fingerprint density at radius 1 is 1.30 bits per heavy atom. The van der Waals surface area contributed by atoms with Crippen LogP contribution < -0.4 is 10.2 Å². The molecule has 1 heterocycles. The van der Waals surface area contributed by atoms with Crippen LogP contribution in [0.3, 0.4) is 0 Å². The molecule has 0 fully saturated rings. The SMILES string of the molecule is CCNC(C)c1csc(N(C)Cc2ccc(C)cc2)n1. The Morgan fingerprint density at radius 2 is 2.00 bits per heavy atom. The van der Waals surface area contributed by atoms with Gasteiger partial charge < -0.3 is 10.2 Å². The maximum atomic E-state index is 4.72. The number of benzene rings is 1.